The van der Waals surface area contributed by atoms with Gasteiger partial charge in [0.05, 0.1) is 15.0 Å². The van der Waals surface area contributed by atoms with E-state index in [4.69, 9.17) is 22.9 Å². The third kappa shape index (κ3) is 2.69. The van der Waals surface area contributed by atoms with Crippen LogP contribution in [-0.4, -0.2) is 30.8 Å². The predicted octanol–water partition coefficient (Wildman–Crippen LogP) is 3.81. The molecule has 0 bridgehead atoms. The van der Waals surface area contributed by atoms with Crippen LogP contribution >= 0.6 is 0 Å². The summed E-state index contributed by atoms with van der Waals surface area (Å²) in [7, 11) is 1.73. The van der Waals surface area contributed by atoms with Crippen LogP contribution in [0.15, 0.2) is 41.7 Å². The quantitative estimate of drug-likeness (QED) is 0.837. The highest BCUT2D eigenvalue weighted by atomic mass is 19.1. The molecule has 2 spiro atoms. The number of nitrogens with two attached hydrogens (primary N) is 1. The van der Waals surface area contributed by atoms with Crippen LogP contribution in [0.2, 0.25) is 0 Å². The second kappa shape index (κ2) is 6.52. The summed E-state index contributed by atoms with van der Waals surface area (Å²) in [6.45, 7) is 0.0504. The summed E-state index contributed by atoms with van der Waals surface area (Å²) < 4.78 is 42.7. The molecular formula is C23H26FN3O2. The smallest absolute Gasteiger partial charge is 0.283 e. The van der Waals surface area contributed by atoms with Crippen molar-refractivity contribution < 1.29 is 16.6 Å². The third-order valence-electron chi connectivity index (χ3n) is 6.97. The zero-order valence-corrected chi connectivity index (χ0v) is 16.6. The number of ether oxygens (including phenoxy) is 2. The van der Waals surface area contributed by atoms with Crippen molar-refractivity contribution in [3.05, 3.63) is 53.6 Å². The molecule has 0 amide bonds. The molecule has 2 aromatic rings. The number of amidine groups is 1. The number of halogens is 1. The number of pyridine rings is 1. The van der Waals surface area contributed by atoms with Gasteiger partial charge in [-0.15, -0.1) is 0 Å². The SMILES string of the molecule is [2H]C1([2H])OC(N)=N[C@]12c1cc(-c3cncc(F)c3)ccc1C[C@@]21CC[C@H](OC)[C@@H](C)C1. The van der Waals surface area contributed by atoms with Gasteiger partial charge in [-0.1, -0.05) is 19.1 Å². The lowest BCUT2D eigenvalue weighted by Gasteiger charge is -2.47. The van der Waals surface area contributed by atoms with E-state index in [1.807, 2.05) is 18.2 Å². The van der Waals surface area contributed by atoms with Gasteiger partial charge >= 0.3 is 0 Å². The Labute approximate surface area is 173 Å². The van der Waals surface area contributed by atoms with Gasteiger partial charge in [0.25, 0.3) is 6.02 Å². The Balaban J connectivity index is 1.70. The van der Waals surface area contributed by atoms with Gasteiger partial charge < -0.3 is 15.2 Å². The monoisotopic (exact) mass is 397 g/mol. The lowest BCUT2D eigenvalue weighted by Crippen LogP contribution is -2.48. The van der Waals surface area contributed by atoms with E-state index in [-0.39, 0.29) is 18.0 Å². The van der Waals surface area contributed by atoms with Crippen LogP contribution in [0.4, 0.5) is 4.39 Å². The standard InChI is InChI=1S/C23H26FN3O2/c1-14-9-22(6-5-20(14)28-2)10-16-4-3-15(17-7-18(24)12-26-11-17)8-19(16)23(22)13-29-21(25)27-23/h3-4,7-8,11-12,14,20H,5-6,9-10,13H2,1-2H3,(H2,25,27)/t14-,20-,22-,23-/m0/s1/i13D2. The van der Waals surface area contributed by atoms with E-state index in [1.54, 1.807) is 13.3 Å². The molecule has 152 valence electrons. The second-order valence-corrected chi connectivity index (χ2v) is 8.58. The highest BCUT2D eigenvalue weighted by Gasteiger charge is 2.62. The highest BCUT2D eigenvalue weighted by Crippen LogP contribution is 2.62. The highest BCUT2D eigenvalue weighted by molar-refractivity contribution is 5.76. The number of benzene rings is 1. The van der Waals surface area contributed by atoms with Crippen LogP contribution in [0, 0.1) is 17.2 Å². The first kappa shape index (κ1) is 16.3. The largest absolute Gasteiger partial charge is 0.462 e. The molecule has 4 atom stereocenters. The molecule has 3 aliphatic rings. The normalized spacial score (nSPS) is 35.8. The van der Waals surface area contributed by atoms with Crippen LogP contribution in [-0.2, 0) is 21.4 Å². The Morgan fingerprint density at radius 3 is 2.86 bits per heavy atom. The van der Waals surface area contributed by atoms with Crippen molar-refractivity contribution in [1.82, 2.24) is 4.98 Å². The number of hydrogen-bond acceptors (Lipinski definition) is 5. The molecule has 5 rings (SSSR count). The zero-order valence-electron chi connectivity index (χ0n) is 18.6. The Kier molecular flexibility index (Phi) is 3.68. The fourth-order valence-corrected chi connectivity index (χ4v) is 5.67. The molecule has 6 heteroatoms. The molecule has 1 aromatic heterocycles. The number of hydrogen-bond donors (Lipinski definition) is 1. The molecule has 0 unspecified atom stereocenters. The average molecular weight is 397 g/mol. The Hall–Kier alpha value is -2.47. The molecule has 2 N–H and O–H groups in total. The number of nitrogens with zero attached hydrogens (tertiary/aromatic N) is 2. The van der Waals surface area contributed by atoms with E-state index in [9.17, 15) is 4.39 Å². The van der Waals surface area contributed by atoms with Crippen LogP contribution in [0.1, 0.15) is 40.1 Å². The van der Waals surface area contributed by atoms with Crippen molar-refractivity contribution in [2.24, 2.45) is 22.1 Å². The van der Waals surface area contributed by atoms with Crippen molar-refractivity contribution >= 4 is 6.02 Å². The average Bonchev–Trinajstić information content (AvgIpc) is 3.12. The maximum atomic E-state index is 13.8. The van der Waals surface area contributed by atoms with E-state index in [0.29, 0.717) is 12.0 Å². The first-order valence-electron chi connectivity index (χ1n) is 11.0. The molecule has 2 aliphatic carbocycles. The van der Waals surface area contributed by atoms with Crippen molar-refractivity contribution in [3.63, 3.8) is 0 Å². The summed E-state index contributed by atoms with van der Waals surface area (Å²) in [6.07, 6.45) is 5.90. The van der Waals surface area contributed by atoms with Gasteiger partial charge in [-0.25, -0.2) is 9.38 Å². The van der Waals surface area contributed by atoms with Crippen molar-refractivity contribution in [3.8, 4) is 11.1 Å². The van der Waals surface area contributed by atoms with Gasteiger partial charge in [0.2, 0.25) is 0 Å². The van der Waals surface area contributed by atoms with Crippen LogP contribution in [0.3, 0.4) is 0 Å². The summed E-state index contributed by atoms with van der Waals surface area (Å²) in [5.74, 6) is -0.178. The Morgan fingerprint density at radius 1 is 1.31 bits per heavy atom. The molecule has 5 nitrogen and oxygen atoms in total. The maximum Gasteiger partial charge on any atom is 0.283 e. The van der Waals surface area contributed by atoms with Gasteiger partial charge in [-0.3, -0.25) is 4.98 Å². The fourth-order valence-electron chi connectivity index (χ4n) is 5.67. The van der Waals surface area contributed by atoms with Crippen LogP contribution in [0.5, 0.6) is 0 Å². The Morgan fingerprint density at radius 2 is 2.17 bits per heavy atom. The van der Waals surface area contributed by atoms with Crippen LogP contribution < -0.4 is 5.73 Å². The number of rotatable bonds is 2. The summed E-state index contributed by atoms with van der Waals surface area (Å²) >= 11 is 0. The summed E-state index contributed by atoms with van der Waals surface area (Å²) in [5, 5.41) is 0. The fraction of sp³-hybridized carbons (Fsp3) is 0.478. The van der Waals surface area contributed by atoms with E-state index >= 15 is 0 Å². The van der Waals surface area contributed by atoms with Gasteiger partial charge in [0, 0.05) is 24.3 Å². The molecule has 29 heavy (non-hydrogen) atoms. The van der Waals surface area contributed by atoms with E-state index in [1.165, 1.54) is 6.07 Å². The van der Waals surface area contributed by atoms with Crippen molar-refractivity contribution in [2.45, 2.75) is 44.2 Å². The molecule has 0 saturated heterocycles. The van der Waals surface area contributed by atoms with Crippen LogP contribution in [0.25, 0.3) is 11.1 Å². The number of methoxy groups -OCH3 is 1. The summed E-state index contributed by atoms with van der Waals surface area (Å²) in [5.41, 5.74) is 7.42. The molecular weight excluding hydrogens is 369 g/mol. The summed E-state index contributed by atoms with van der Waals surface area (Å²) in [6, 6.07) is 7.15. The number of aromatic nitrogens is 1. The van der Waals surface area contributed by atoms with Gasteiger partial charge in [-0.2, -0.15) is 0 Å². The van der Waals surface area contributed by atoms with Gasteiger partial charge in [0.1, 0.15) is 17.9 Å². The third-order valence-corrected chi connectivity index (χ3v) is 6.97. The zero-order chi connectivity index (χ0) is 22.0. The van der Waals surface area contributed by atoms with E-state index in [2.05, 4.69) is 11.9 Å². The first-order chi connectivity index (χ1) is 14.7. The lowest BCUT2D eigenvalue weighted by atomic mass is 9.59. The predicted molar refractivity (Wildman–Crippen MR) is 109 cm³/mol. The van der Waals surface area contributed by atoms with E-state index in [0.717, 1.165) is 42.1 Å². The van der Waals surface area contributed by atoms with E-state index < -0.39 is 23.3 Å². The Bertz CT molecular complexity index is 1080. The molecule has 1 aromatic carbocycles. The van der Waals surface area contributed by atoms with Gasteiger partial charge in [0.15, 0.2) is 0 Å². The molecule has 1 aliphatic heterocycles. The van der Waals surface area contributed by atoms with Gasteiger partial charge in [-0.05, 0) is 60.4 Å². The number of fused-ring (bicyclic) bond motifs is 3. The van der Waals surface area contributed by atoms with Crippen molar-refractivity contribution in [2.75, 3.05) is 13.7 Å². The minimum Gasteiger partial charge on any atom is -0.462 e. The molecule has 2 heterocycles. The minimum absolute atomic E-state index is 0.128. The minimum atomic E-state index is -2.10. The second-order valence-electron chi connectivity index (χ2n) is 8.58. The molecule has 1 saturated carbocycles. The van der Waals surface area contributed by atoms with Crippen molar-refractivity contribution in [1.29, 1.82) is 0 Å². The maximum absolute atomic E-state index is 13.8. The summed E-state index contributed by atoms with van der Waals surface area (Å²) in [4.78, 5) is 8.65. The molecule has 1 fully saturated rings. The number of aliphatic imine (C=N–C) groups is 1. The lowest BCUT2D eigenvalue weighted by molar-refractivity contribution is -0.0445. The molecule has 0 radical (unpaired) electrons. The topological polar surface area (TPSA) is 69.7 Å². The first-order valence-corrected chi connectivity index (χ1v) is 10.0.